The van der Waals surface area contributed by atoms with E-state index in [1.807, 2.05) is 13.0 Å². The number of nitrogens with one attached hydrogen (secondary N) is 3. The fraction of sp³-hybridized carbons (Fsp3) is 0.571. The Bertz CT molecular complexity index is 1800. The van der Waals surface area contributed by atoms with Gasteiger partial charge in [-0.1, -0.05) is 13.0 Å². The Kier molecular flexibility index (Phi) is 10.9. The molecule has 3 fully saturated rings. The number of alkyl carbamates (subject to hydrolysis) is 1. The molecule has 3 aliphatic rings. The molecule has 0 spiro atoms. The number of carbonyl (C=O) groups is 4. The zero-order valence-corrected chi connectivity index (χ0v) is 30.6. The van der Waals surface area contributed by atoms with Crippen LogP contribution in [0, 0.1) is 5.92 Å². The summed E-state index contributed by atoms with van der Waals surface area (Å²) < 4.78 is 50.1. The number of pyridine rings is 1. The maximum atomic E-state index is 14.4. The molecule has 15 nitrogen and oxygen atoms in total. The molecule has 2 saturated carbocycles. The number of fused-ring (bicyclic) bond motifs is 1. The Morgan fingerprint density at radius 2 is 1.90 bits per heavy atom. The predicted octanol–water partition coefficient (Wildman–Crippen LogP) is 2.58. The highest BCUT2D eigenvalue weighted by molar-refractivity contribution is 7.91. The van der Waals surface area contributed by atoms with Crippen molar-refractivity contribution in [2.24, 2.45) is 5.92 Å². The summed E-state index contributed by atoms with van der Waals surface area (Å²) in [6.07, 6.45) is 2.16. The molecule has 2 aliphatic carbocycles. The van der Waals surface area contributed by atoms with Crippen LogP contribution >= 0.6 is 0 Å². The third-order valence-electron chi connectivity index (χ3n) is 9.91. The lowest BCUT2D eigenvalue weighted by atomic mass is 10.1. The van der Waals surface area contributed by atoms with Crippen molar-refractivity contribution in [1.82, 2.24) is 25.2 Å². The van der Waals surface area contributed by atoms with Gasteiger partial charge in [0.15, 0.2) is 0 Å². The second kappa shape index (κ2) is 14.7. The van der Waals surface area contributed by atoms with Crippen LogP contribution in [0.2, 0.25) is 0 Å². The van der Waals surface area contributed by atoms with Gasteiger partial charge in [0.05, 0.1) is 25.0 Å². The second-order valence-corrected chi connectivity index (χ2v) is 15.9. The van der Waals surface area contributed by atoms with Crippen molar-refractivity contribution in [2.45, 2.75) is 100 Å². The molecule has 0 radical (unpaired) electrons. The van der Waals surface area contributed by atoms with E-state index in [-0.39, 0.29) is 25.3 Å². The van der Waals surface area contributed by atoms with Crippen LogP contribution in [0.25, 0.3) is 10.8 Å². The van der Waals surface area contributed by atoms with Gasteiger partial charge in [0.1, 0.15) is 35.1 Å². The third-order valence-corrected chi connectivity index (χ3v) is 11.7. The van der Waals surface area contributed by atoms with Crippen molar-refractivity contribution in [1.29, 1.82) is 0 Å². The van der Waals surface area contributed by atoms with Crippen molar-refractivity contribution < 1.29 is 46.5 Å². The normalized spacial score (nSPS) is 24.2. The molecule has 51 heavy (non-hydrogen) atoms. The van der Waals surface area contributed by atoms with Gasteiger partial charge in [-0.05, 0) is 76.1 Å². The van der Waals surface area contributed by atoms with Gasteiger partial charge in [-0.15, -0.1) is 6.58 Å². The molecule has 1 aromatic carbocycles. The van der Waals surface area contributed by atoms with E-state index in [4.69, 9.17) is 18.9 Å². The highest BCUT2D eigenvalue weighted by Gasteiger charge is 2.62. The molecule has 5 rings (SSSR count). The van der Waals surface area contributed by atoms with Crippen LogP contribution in [0.4, 0.5) is 4.79 Å². The molecule has 278 valence electrons. The van der Waals surface area contributed by atoms with Crippen molar-refractivity contribution in [3.63, 3.8) is 0 Å². The van der Waals surface area contributed by atoms with Crippen molar-refractivity contribution in [2.75, 3.05) is 20.8 Å². The minimum Gasteiger partial charge on any atom is -0.497 e. The molecule has 1 aromatic heterocycles. The average molecular weight is 730 g/mol. The van der Waals surface area contributed by atoms with E-state index in [2.05, 4.69) is 26.9 Å². The van der Waals surface area contributed by atoms with E-state index in [0.29, 0.717) is 30.4 Å². The zero-order chi connectivity index (χ0) is 37.3. The van der Waals surface area contributed by atoms with E-state index < -0.39 is 80.4 Å². The number of methoxy groups -OCH3 is 2. The van der Waals surface area contributed by atoms with Crippen LogP contribution in [0.5, 0.6) is 11.6 Å². The minimum absolute atomic E-state index is 0.00990. The lowest BCUT2D eigenvalue weighted by Crippen LogP contribution is -2.60. The number of hydrogen-bond acceptors (Lipinski definition) is 11. The van der Waals surface area contributed by atoms with Crippen LogP contribution in [-0.2, 0) is 33.9 Å². The summed E-state index contributed by atoms with van der Waals surface area (Å²) >= 11 is 0. The number of sulfonamides is 1. The lowest BCUT2D eigenvalue weighted by molar-refractivity contribution is -0.143. The SMILES string of the molecule is C=CC1CC1(NC(=O)C1CC(Oc2nccc3cc(OC)ccc23)CN1C(=O)C(NC(=O)OC(C)(C)CC)C(C)OC)C(=O)NS(=O)(=O)C1CC1. The first-order chi connectivity index (χ1) is 24.1. The third kappa shape index (κ3) is 8.22. The van der Waals surface area contributed by atoms with E-state index in [1.54, 1.807) is 52.3 Å². The highest BCUT2D eigenvalue weighted by atomic mass is 32.2. The molecule has 4 amide bonds. The Morgan fingerprint density at radius 3 is 2.51 bits per heavy atom. The highest BCUT2D eigenvalue weighted by Crippen LogP contribution is 2.45. The molecule has 0 bridgehead atoms. The Balaban J connectivity index is 1.43. The number of carbonyl (C=O) groups excluding carboxylic acids is 4. The zero-order valence-electron chi connectivity index (χ0n) is 29.8. The van der Waals surface area contributed by atoms with Gasteiger partial charge in [0, 0.05) is 31.0 Å². The van der Waals surface area contributed by atoms with Gasteiger partial charge in [0.2, 0.25) is 27.7 Å². The largest absolute Gasteiger partial charge is 0.497 e. The number of aromatic nitrogens is 1. The van der Waals surface area contributed by atoms with Gasteiger partial charge >= 0.3 is 6.09 Å². The molecular weight excluding hydrogens is 682 g/mol. The van der Waals surface area contributed by atoms with Crippen molar-refractivity contribution >= 4 is 44.6 Å². The monoisotopic (exact) mass is 729 g/mol. The summed E-state index contributed by atoms with van der Waals surface area (Å²) in [5.74, 6) is -1.84. The first-order valence-electron chi connectivity index (χ1n) is 17.0. The van der Waals surface area contributed by atoms with Crippen LogP contribution in [-0.4, -0.2) is 104 Å². The summed E-state index contributed by atoms with van der Waals surface area (Å²) in [6.45, 7) is 10.6. The first-order valence-corrected chi connectivity index (χ1v) is 18.6. The Labute approximate surface area is 297 Å². The average Bonchev–Trinajstić information content (AvgIpc) is 4.03. The number of likely N-dealkylation sites (tertiary alicyclic amines) is 1. The molecule has 2 heterocycles. The van der Waals surface area contributed by atoms with E-state index in [9.17, 15) is 27.6 Å². The minimum atomic E-state index is -3.91. The quantitative estimate of drug-likeness (QED) is 0.228. The smallest absolute Gasteiger partial charge is 0.408 e. The lowest BCUT2D eigenvalue weighted by Gasteiger charge is -2.32. The van der Waals surface area contributed by atoms with Crippen LogP contribution in [0.1, 0.15) is 59.8 Å². The summed E-state index contributed by atoms with van der Waals surface area (Å²) in [6, 6.07) is 4.72. The number of benzene rings is 1. The number of rotatable bonds is 15. The predicted molar refractivity (Wildman–Crippen MR) is 186 cm³/mol. The molecule has 2 aromatic rings. The molecule has 6 unspecified atom stereocenters. The standard InChI is InChI=1S/C35H47N5O10S/c1-8-22-18-35(22,32(43)39-51(45,46)25-11-12-25)38-29(41)27-17-24(49-30-26-13-10-23(48-7)16-21(26)14-15-36-30)19-40(27)31(42)28(20(3)47-6)37-33(44)50-34(4,5)9-2/h8,10,13-16,20,22,24-25,27-28H,1,9,11-12,17-19H2,2-7H3,(H,37,44)(H,38,41)(H,39,43). The Hall–Kier alpha value is -4.44. The van der Waals surface area contributed by atoms with Gasteiger partial charge in [-0.3, -0.25) is 19.1 Å². The van der Waals surface area contributed by atoms with Gasteiger partial charge in [-0.2, -0.15) is 0 Å². The van der Waals surface area contributed by atoms with Crippen LogP contribution in [0.3, 0.4) is 0 Å². The number of nitrogens with zero attached hydrogens (tertiary/aromatic N) is 2. The fourth-order valence-electron chi connectivity index (χ4n) is 6.08. The topological polar surface area (TPSA) is 192 Å². The Morgan fingerprint density at radius 1 is 1.18 bits per heavy atom. The number of hydrogen-bond donors (Lipinski definition) is 3. The van der Waals surface area contributed by atoms with E-state index in [1.165, 1.54) is 18.1 Å². The maximum absolute atomic E-state index is 14.4. The molecular formula is C35H47N5O10S. The maximum Gasteiger partial charge on any atom is 0.408 e. The second-order valence-electron chi connectivity index (χ2n) is 13.9. The summed E-state index contributed by atoms with van der Waals surface area (Å²) in [7, 11) is -0.962. The molecule has 16 heteroatoms. The van der Waals surface area contributed by atoms with Gasteiger partial charge < -0.3 is 34.5 Å². The summed E-state index contributed by atoms with van der Waals surface area (Å²) in [4.78, 5) is 60.6. The van der Waals surface area contributed by atoms with Crippen molar-refractivity contribution in [3.05, 3.63) is 43.1 Å². The first kappa shape index (κ1) is 37.8. The number of ether oxygens (including phenoxy) is 4. The van der Waals surface area contributed by atoms with Crippen LogP contribution < -0.4 is 24.8 Å². The van der Waals surface area contributed by atoms with E-state index in [0.717, 1.165) is 5.39 Å². The van der Waals surface area contributed by atoms with Gasteiger partial charge in [-0.25, -0.2) is 18.2 Å². The fourth-order valence-corrected chi connectivity index (χ4v) is 7.44. The summed E-state index contributed by atoms with van der Waals surface area (Å²) in [5.41, 5.74) is -2.38. The molecule has 1 saturated heterocycles. The summed E-state index contributed by atoms with van der Waals surface area (Å²) in [5, 5.41) is 6.19. The van der Waals surface area contributed by atoms with Crippen LogP contribution in [0.15, 0.2) is 43.1 Å². The molecule has 6 atom stereocenters. The number of amides is 4. The van der Waals surface area contributed by atoms with Gasteiger partial charge in [0.25, 0.3) is 5.91 Å². The van der Waals surface area contributed by atoms with E-state index >= 15 is 0 Å². The molecule has 1 aliphatic heterocycles. The molecule has 3 N–H and O–H groups in total. The van der Waals surface area contributed by atoms with Crippen molar-refractivity contribution in [3.8, 4) is 11.6 Å².